The van der Waals surface area contributed by atoms with Crippen molar-refractivity contribution in [3.8, 4) is 17.2 Å². The number of para-hydroxylation sites is 1. The van der Waals surface area contributed by atoms with Crippen molar-refractivity contribution in [1.82, 2.24) is 4.83 Å². The molecule has 0 amide bonds. The molecule has 0 aliphatic heterocycles. The highest BCUT2D eigenvalue weighted by molar-refractivity contribution is 7.89. The minimum absolute atomic E-state index is 0.0740. The molecular weight excluding hydrogens is 404 g/mol. The molecule has 0 bridgehead atoms. The monoisotopic (exact) mass is 426 g/mol. The van der Waals surface area contributed by atoms with Gasteiger partial charge < -0.3 is 14.2 Å². The maximum atomic E-state index is 12.7. The second-order valence-corrected chi connectivity index (χ2v) is 7.81. The molecule has 0 heterocycles. The van der Waals surface area contributed by atoms with E-state index in [1.54, 1.807) is 18.2 Å². The minimum atomic E-state index is -3.97. The summed E-state index contributed by atoms with van der Waals surface area (Å²) in [7, 11) is -1.12. The maximum Gasteiger partial charge on any atom is 0.280 e. The van der Waals surface area contributed by atoms with Gasteiger partial charge in [-0.05, 0) is 29.8 Å². The Morgan fingerprint density at radius 2 is 1.63 bits per heavy atom. The number of ether oxygens (including phenoxy) is 3. The van der Waals surface area contributed by atoms with Crippen LogP contribution in [0.1, 0.15) is 11.1 Å². The van der Waals surface area contributed by atoms with Crippen LogP contribution in [0.25, 0.3) is 0 Å². The normalized spacial score (nSPS) is 11.3. The Bertz CT molecular complexity index is 1120. The molecule has 0 saturated heterocycles. The topological polar surface area (TPSA) is 86.2 Å². The Kier molecular flexibility index (Phi) is 6.92. The highest BCUT2D eigenvalue weighted by Gasteiger charge is 2.20. The zero-order chi connectivity index (χ0) is 21.4. The summed E-state index contributed by atoms with van der Waals surface area (Å²) in [6.07, 6.45) is 1.39. The van der Waals surface area contributed by atoms with E-state index in [0.29, 0.717) is 23.7 Å². The largest absolute Gasteiger partial charge is 0.497 e. The molecule has 0 aliphatic rings. The molecule has 0 atom stereocenters. The predicted octanol–water partition coefficient (Wildman–Crippen LogP) is 3.60. The van der Waals surface area contributed by atoms with Crippen molar-refractivity contribution in [2.45, 2.75) is 11.5 Å². The van der Waals surface area contributed by atoms with Gasteiger partial charge in [-0.25, -0.2) is 0 Å². The number of nitrogens with zero attached hydrogens (tertiary/aromatic N) is 1. The fourth-order valence-corrected chi connectivity index (χ4v) is 3.64. The van der Waals surface area contributed by atoms with Gasteiger partial charge >= 0.3 is 0 Å². The maximum absolute atomic E-state index is 12.7. The highest BCUT2D eigenvalue weighted by atomic mass is 32.2. The highest BCUT2D eigenvalue weighted by Crippen LogP contribution is 2.28. The average Bonchev–Trinajstić information content (AvgIpc) is 2.78. The second-order valence-electron chi connectivity index (χ2n) is 6.18. The molecule has 0 fully saturated rings. The third-order valence-corrected chi connectivity index (χ3v) is 5.44. The van der Waals surface area contributed by atoms with Crippen molar-refractivity contribution < 1.29 is 22.6 Å². The quantitative estimate of drug-likeness (QED) is 0.417. The molecule has 0 aromatic heterocycles. The first-order valence-corrected chi connectivity index (χ1v) is 10.5. The van der Waals surface area contributed by atoms with Crippen LogP contribution in [0.4, 0.5) is 0 Å². The predicted molar refractivity (Wildman–Crippen MR) is 115 cm³/mol. The Labute approximate surface area is 176 Å². The lowest BCUT2D eigenvalue weighted by Crippen LogP contribution is -2.19. The molecule has 3 aromatic carbocycles. The number of hydrogen-bond donors (Lipinski definition) is 1. The molecule has 30 heavy (non-hydrogen) atoms. The lowest BCUT2D eigenvalue weighted by Gasteiger charge is -2.11. The average molecular weight is 426 g/mol. The summed E-state index contributed by atoms with van der Waals surface area (Å²) in [5.74, 6) is 1.16. The van der Waals surface area contributed by atoms with Crippen LogP contribution in [0.2, 0.25) is 0 Å². The molecule has 3 rings (SSSR count). The Morgan fingerprint density at radius 3 is 2.37 bits per heavy atom. The lowest BCUT2D eigenvalue weighted by atomic mass is 10.2. The summed E-state index contributed by atoms with van der Waals surface area (Å²) in [5.41, 5.74) is 1.66. The summed E-state index contributed by atoms with van der Waals surface area (Å²) in [6.45, 7) is 0.387. The molecule has 1 N–H and O–H groups in total. The van der Waals surface area contributed by atoms with Crippen LogP contribution in [-0.2, 0) is 16.6 Å². The standard InChI is InChI=1S/C22H22N2O5S/c1-27-19-12-13-21(28-2)22(14-19)30(25,26)24-23-15-18-10-6-7-11-20(18)29-16-17-8-4-3-5-9-17/h3-15,24H,16H2,1-2H3/b23-15+. The van der Waals surface area contributed by atoms with Crippen LogP contribution < -0.4 is 19.0 Å². The first kappa shape index (κ1) is 21.2. The van der Waals surface area contributed by atoms with E-state index >= 15 is 0 Å². The van der Waals surface area contributed by atoms with Gasteiger partial charge in [0.05, 0.1) is 20.4 Å². The van der Waals surface area contributed by atoms with Crippen molar-refractivity contribution in [2.24, 2.45) is 5.10 Å². The van der Waals surface area contributed by atoms with E-state index in [1.165, 1.54) is 32.6 Å². The van der Waals surface area contributed by atoms with E-state index in [2.05, 4.69) is 9.93 Å². The molecule has 156 valence electrons. The number of benzene rings is 3. The van der Waals surface area contributed by atoms with Gasteiger partial charge in [0.25, 0.3) is 10.0 Å². The molecule has 0 spiro atoms. The summed E-state index contributed by atoms with van der Waals surface area (Å²) in [5, 5.41) is 3.90. The number of rotatable bonds is 9. The van der Waals surface area contributed by atoms with Crippen LogP contribution in [0.15, 0.2) is 82.8 Å². The fraction of sp³-hybridized carbons (Fsp3) is 0.136. The third-order valence-electron chi connectivity index (χ3n) is 4.19. The molecule has 3 aromatic rings. The van der Waals surface area contributed by atoms with Gasteiger partial charge in [-0.1, -0.05) is 42.5 Å². The van der Waals surface area contributed by atoms with Crippen molar-refractivity contribution >= 4 is 16.2 Å². The van der Waals surface area contributed by atoms with E-state index < -0.39 is 10.0 Å². The number of methoxy groups -OCH3 is 2. The Balaban J connectivity index is 1.75. The SMILES string of the molecule is COc1ccc(OC)c(S(=O)(=O)N/N=C/c2ccccc2OCc2ccccc2)c1. The molecule has 0 aliphatic carbocycles. The van der Waals surface area contributed by atoms with Crippen LogP contribution >= 0.6 is 0 Å². The number of sulfonamides is 1. The Morgan fingerprint density at radius 1 is 0.900 bits per heavy atom. The summed E-state index contributed by atoms with van der Waals surface area (Å²) in [6, 6.07) is 21.5. The van der Waals surface area contributed by atoms with E-state index in [-0.39, 0.29) is 10.6 Å². The van der Waals surface area contributed by atoms with Gasteiger partial charge in [-0.3, -0.25) is 0 Å². The molecule has 0 unspecified atom stereocenters. The number of nitrogens with one attached hydrogen (secondary N) is 1. The van der Waals surface area contributed by atoms with Gasteiger partial charge in [-0.15, -0.1) is 0 Å². The summed E-state index contributed by atoms with van der Waals surface area (Å²) >= 11 is 0. The smallest absolute Gasteiger partial charge is 0.280 e. The van der Waals surface area contributed by atoms with Crippen molar-refractivity contribution in [3.05, 3.63) is 83.9 Å². The fourth-order valence-electron chi connectivity index (χ4n) is 2.66. The Hall–Kier alpha value is -3.52. The zero-order valence-corrected chi connectivity index (χ0v) is 17.4. The third kappa shape index (κ3) is 5.30. The van der Waals surface area contributed by atoms with Crippen LogP contribution in [0, 0.1) is 0 Å². The van der Waals surface area contributed by atoms with Gasteiger partial charge in [0.1, 0.15) is 28.8 Å². The lowest BCUT2D eigenvalue weighted by molar-refractivity contribution is 0.306. The summed E-state index contributed by atoms with van der Waals surface area (Å²) in [4.78, 5) is 2.13. The van der Waals surface area contributed by atoms with Gasteiger partial charge in [0.15, 0.2) is 0 Å². The molecule has 8 heteroatoms. The first-order chi connectivity index (χ1) is 14.5. The molecule has 0 radical (unpaired) electrons. The second kappa shape index (κ2) is 9.80. The van der Waals surface area contributed by atoms with Crippen molar-refractivity contribution in [1.29, 1.82) is 0 Å². The molecule has 0 saturated carbocycles. The van der Waals surface area contributed by atoms with Crippen molar-refractivity contribution in [3.63, 3.8) is 0 Å². The van der Waals surface area contributed by atoms with Crippen LogP contribution in [-0.4, -0.2) is 28.9 Å². The van der Waals surface area contributed by atoms with Crippen LogP contribution in [0.3, 0.4) is 0 Å². The first-order valence-electron chi connectivity index (χ1n) is 9.06. The minimum Gasteiger partial charge on any atom is -0.497 e. The summed E-state index contributed by atoms with van der Waals surface area (Å²) < 4.78 is 41.4. The van der Waals surface area contributed by atoms with E-state index in [1.807, 2.05) is 42.5 Å². The van der Waals surface area contributed by atoms with Gasteiger partial charge in [-0.2, -0.15) is 18.4 Å². The van der Waals surface area contributed by atoms with Crippen LogP contribution in [0.5, 0.6) is 17.2 Å². The van der Waals surface area contributed by atoms with E-state index in [4.69, 9.17) is 14.2 Å². The van der Waals surface area contributed by atoms with E-state index in [0.717, 1.165) is 5.56 Å². The number of hydrazone groups is 1. The van der Waals surface area contributed by atoms with Crippen molar-refractivity contribution in [2.75, 3.05) is 14.2 Å². The van der Waals surface area contributed by atoms with Gasteiger partial charge in [0.2, 0.25) is 0 Å². The molecular formula is C22H22N2O5S. The van der Waals surface area contributed by atoms with E-state index in [9.17, 15) is 8.42 Å². The van der Waals surface area contributed by atoms with Gasteiger partial charge in [0, 0.05) is 11.6 Å². The number of hydrogen-bond acceptors (Lipinski definition) is 6. The zero-order valence-electron chi connectivity index (χ0n) is 16.6. The molecule has 7 nitrogen and oxygen atoms in total.